The van der Waals surface area contributed by atoms with Gasteiger partial charge in [0, 0.05) is 15.7 Å². The number of hydrogen-bond donors (Lipinski definition) is 0. The Hall–Kier alpha value is -0.630. The molecule has 2 aliphatic rings. The largest absolute Gasteiger partial charge is 0.285 e. The standard InChI is InChI=1S/C19H26BrN/c1-13(2)14-7-9-15(10-8-14)18-11-12-19(21-18)16-5-3-4-6-17(16)20/h3-6,13-15,18H,7-12H2,1-2H3. The van der Waals surface area contributed by atoms with Crippen LogP contribution >= 0.6 is 15.9 Å². The van der Waals surface area contributed by atoms with Gasteiger partial charge in [-0.3, -0.25) is 4.99 Å². The van der Waals surface area contributed by atoms with E-state index in [2.05, 4.69) is 54.0 Å². The van der Waals surface area contributed by atoms with E-state index in [1.807, 2.05) is 0 Å². The first-order chi connectivity index (χ1) is 10.1. The van der Waals surface area contributed by atoms with Crippen molar-refractivity contribution < 1.29 is 0 Å². The van der Waals surface area contributed by atoms with Crippen molar-refractivity contribution in [2.75, 3.05) is 0 Å². The Bertz CT molecular complexity index is 512. The molecule has 0 saturated heterocycles. The lowest BCUT2D eigenvalue weighted by Gasteiger charge is -2.32. The zero-order chi connectivity index (χ0) is 14.8. The Morgan fingerprint density at radius 3 is 2.43 bits per heavy atom. The zero-order valence-corrected chi connectivity index (χ0v) is 14.8. The Balaban J connectivity index is 1.66. The molecule has 1 aromatic carbocycles. The van der Waals surface area contributed by atoms with E-state index in [-0.39, 0.29) is 0 Å². The van der Waals surface area contributed by atoms with Crippen molar-refractivity contribution in [3.8, 4) is 0 Å². The van der Waals surface area contributed by atoms with E-state index < -0.39 is 0 Å². The van der Waals surface area contributed by atoms with Crippen LogP contribution in [0.15, 0.2) is 33.7 Å². The molecule has 21 heavy (non-hydrogen) atoms. The topological polar surface area (TPSA) is 12.4 Å². The van der Waals surface area contributed by atoms with Crippen molar-refractivity contribution in [3.05, 3.63) is 34.3 Å². The van der Waals surface area contributed by atoms with Crippen molar-refractivity contribution in [1.29, 1.82) is 0 Å². The molecule has 0 bridgehead atoms. The molecular formula is C19H26BrN. The summed E-state index contributed by atoms with van der Waals surface area (Å²) in [6.07, 6.45) is 8.02. The molecule has 2 heteroatoms. The first-order valence-corrected chi connectivity index (χ1v) is 9.26. The Morgan fingerprint density at radius 1 is 1.05 bits per heavy atom. The highest BCUT2D eigenvalue weighted by atomic mass is 79.9. The molecule has 0 amide bonds. The SMILES string of the molecule is CC(C)C1CCC(C2CCC(c3ccccc3Br)=N2)CC1. The molecule has 1 unspecified atom stereocenters. The van der Waals surface area contributed by atoms with Crippen LogP contribution in [-0.2, 0) is 0 Å². The number of halogens is 1. The number of benzene rings is 1. The van der Waals surface area contributed by atoms with E-state index in [4.69, 9.17) is 4.99 Å². The van der Waals surface area contributed by atoms with Gasteiger partial charge in [0.15, 0.2) is 0 Å². The van der Waals surface area contributed by atoms with E-state index in [1.165, 1.54) is 47.9 Å². The fourth-order valence-corrected chi connectivity index (χ4v) is 4.56. The van der Waals surface area contributed by atoms with Crippen LogP contribution in [-0.4, -0.2) is 11.8 Å². The summed E-state index contributed by atoms with van der Waals surface area (Å²) in [6, 6.07) is 9.09. The van der Waals surface area contributed by atoms with Gasteiger partial charge in [-0.15, -0.1) is 0 Å². The van der Waals surface area contributed by atoms with Gasteiger partial charge in [-0.2, -0.15) is 0 Å². The zero-order valence-electron chi connectivity index (χ0n) is 13.2. The van der Waals surface area contributed by atoms with Crippen LogP contribution in [0, 0.1) is 17.8 Å². The van der Waals surface area contributed by atoms with Crippen molar-refractivity contribution in [1.82, 2.24) is 0 Å². The molecule has 1 heterocycles. The minimum atomic E-state index is 0.584. The molecule has 3 rings (SSSR count). The average molecular weight is 348 g/mol. The minimum Gasteiger partial charge on any atom is -0.285 e. The Morgan fingerprint density at radius 2 is 1.76 bits per heavy atom. The first kappa shape index (κ1) is 15.3. The fourth-order valence-electron chi connectivity index (χ4n) is 4.05. The summed E-state index contributed by atoms with van der Waals surface area (Å²) in [4.78, 5) is 5.10. The number of rotatable bonds is 3. The Kier molecular flexibility index (Phi) is 4.83. The molecule has 1 fully saturated rings. The first-order valence-electron chi connectivity index (χ1n) is 8.46. The maximum atomic E-state index is 5.10. The molecule has 1 nitrogen and oxygen atoms in total. The van der Waals surface area contributed by atoms with E-state index >= 15 is 0 Å². The smallest absolute Gasteiger partial charge is 0.0535 e. The molecule has 0 aromatic heterocycles. The summed E-state index contributed by atoms with van der Waals surface area (Å²) in [6.45, 7) is 4.76. The highest BCUT2D eigenvalue weighted by molar-refractivity contribution is 9.10. The maximum absolute atomic E-state index is 5.10. The van der Waals surface area contributed by atoms with Crippen LogP contribution in [0.3, 0.4) is 0 Å². The van der Waals surface area contributed by atoms with Crippen LogP contribution in [0.25, 0.3) is 0 Å². The van der Waals surface area contributed by atoms with Gasteiger partial charge in [0.25, 0.3) is 0 Å². The van der Waals surface area contributed by atoms with E-state index in [0.717, 1.165) is 24.2 Å². The minimum absolute atomic E-state index is 0.584. The van der Waals surface area contributed by atoms with Gasteiger partial charge in [0.05, 0.1) is 6.04 Å². The van der Waals surface area contributed by atoms with E-state index in [0.29, 0.717) is 6.04 Å². The van der Waals surface area contributed by atoms with Crippen molar-refractivity contribution in [3.63, 3.8) is 0 Å². The van der Waals surface area contributed by atoms with Gasteiger partial charge in [-0.25, -0.2) is 0 Å². The molecule has 1 saturated carbocycles. The van der Waals surface area contributed by atoms with Gasteiger partial charge < -0.3 is 0 Å². The van der Waals surface area contributed by atoms with Crippen molar-refractivity contribution in [2.45, 2.75) is 58.4 Å². The Labute approximate surface area is 137 Å². The molecule has 1 aliphatic heterocycles. The molecule has 0 spiro atoms. The van der Waals surface area contributed by atoms with Crippen molar-refractivity contribution >= 4 is 21.6 Å². The summed E-state index contributed by atoms with van der Waals surface area (Å²) in [5, 5.41) is 0. The van der Waals surface area contributed by atoms with Crippen LogP contribution in [0.1, 0.15) is 57.9 Å². The molecule has 1 atom stereocenters. The molecule has 1 aromatic rings. The number of nitrogens with zero attached hydrogens (tertiary/aromatic N) is 1. The second-order valence-corrected chi connectivity index (χ2v) is 7.93. The van der Waals surface area contributed by atoms with Gasteiger partial charge in [0.2, 0.25) is 0 Å². The van der Waals surface area contributed by atoms with Crippen LogP contribution < -0.4 is 0 Å². The highest BCUT2D eigenvalue weighted by Gasteiger charge is 2.31. The second kappa shape index (κ2) is 6.64. The third-order valence-electron chi connectivity index (χ3n) is 5.49. The van der Waals surface area contributed by atoms with Gasteiger partial charge >= 0.3 is 0 Å². The summed E-state index contributed by atoms with van der Waals surface area (Å²) >= 11 is 3.67. The van der Waals surface area contributed by atoms with E-state index in [1.54, 1.807) is 0 Å². The summed E-state index contributed by atoms with van der Waals surface area (Å²) < 4.78 is 1.19. The van der Waals surface area contributed by atoms with Crippen molar-refractivity contribution in [2.24, 2.45) is 22.7 Å². The van der Waals surface area contributed by atoms with E-state index in [9.17, 15) is 0 Å². The quantitative estimate of drug-likeness (QED) is 0.648. The molecule has 114 valence electrons. The normalized spacial score (nSPS) is 29.7. The molecule has 0 radical (unpaired) electrons. The molecule has 1 aliphatic carbocycles. The maximum Gasteiger partial charge on any atom is 0.0535 e. The fraction of sp³-hybridized carbons (Fsp3) is 0.632. The number of hydrogen-bond acceptors (Lipinski definition) is 1. The highest BCUT2D eigenvalue weighted by Crippen LogP contribution is 2.38. The lowest BCUT2D eigenvalue weighted by Crippen LogP contribution is -2.25. The second-order valence-electron chi connectivity index (χ2n) is 7.08. The summed E-state index contributed by atoms with van der Waals surface area (Å²) in [5.41, 5.74) is 2.62. The summed E-state index contributed by atoms with van der Waals surface area (Å²) in [7, 11) is 0. The third kappa shape index (κ3) is 3.41. The van der Waals surface area contributed by atoms with Crippen LogP contribution in [0.5, 0.6) is 0 Å². The average Bonchev–Trinajstić information content (AvgIpc) is 2.97. The summed E-state index contributed by atoms with van der Waals surface area (Å²) in [5.74, 6) is 2.64. The predicted molar refractivity (Wildman–Crippen MR) is 94.0 cm³/mol. The van der Waals surface area contributed by atoms with Gasteiger partial charge in [0.1, 0.15) is 0 Å². The monoisotopic (exact) mass is 347 g/mol. The molecular weight excluding hydrogens is 322 g/mol. The van der Waals surface area contributed by atoms with Crippen LogP contribution in [0.2, 0.25) is 0 Å². The third-order valence-corrected chi connectivity index (χ3v) is 6.18. The lowest BCUT2D eigenvalue weighted by molar-refractivity contribution is 0.203. The molecule has 0 N–H and O–H groups in total. The van der Waals surface area contributed by atoms with Gasteiger partial charge in [-0.05, 0) is 62.3 Å². The van der Waals surface area contributed by atoms with Crippen LogP contribution in [0.4, 0.5) is 0 Å². The lowest BCUT2D eigenvalue weighted by atomic mass is 9.74. The van der Waals surface area contributed by atoms with Gasteiger partial charge in [-0.1, -0.05) is 48.0 Å². The number of aliphatic imine (C=N–C) groups is 1. The predicted octanol–water partition coefficient (Wildman–Crippen LogP) is 5.86.